The molecule has 0 unspecified atom stereocenters. The van der Waals surface area contributed by atoms with Crippen molar-refractivity contribution in [2.75, 3.05) is 32.2 Å². The Morgan fingerprint density at radius 2 is 1.63 bits per heavy atom. The smallest absolute Gasteiger partial charge is 0.354 e. The van der Waals surface area contributed by atoms with Crippen molar-refractivity contribution in [3.05, 3.63) is 35.6 Å². The minimum absolute atomic E-state index is 0.362. The molecular formula is C14H22NO3P. The third kappa shape index (κ3) is 5.19. The first kappa shape index (κ1) is 16.0. The third-order valence-electron chi connectivity index (χ3n) is 2.48. The van der Waals surface area contributed by atoms with Gasteiger partial charge in [0, 0.05) is 25.6 Å². The molecule has 5 heteroatoms. The van der Waals surface area contributed by atoms with E-state index in [1.54, 1.807) is 19.9 Å². The largest absolute Gasteiger partial charge is 0.378 e. The number of hydrogen-bond donors (Lipinski definition) is 0. The average molecular weight is 283 g/mol. The Kier molecular flexibility index (Phi) is 6.29. The van der Waals surface area contributed by atoms with Gasteiger partial charge < -0.3 is 13.9 Å². The maximum absolute atomic E-state index is 12.2. The van der Waals surface area contributed by atoms with E-state index in [2.05, 4.69) is 0 Å². The van der Waals surface area contributed by atoms with Gasteiger partial charge in [0.15, 0.2) is 0 Å². The molecule has 0 bridgehead atoms. The first-order chi connectivity index (χ1) is 9.00. The second kappa shape index (κ2) is 7.49. The van der Waals surface area contributed by atoms with E-state index in [0.717, 1.165) is 11.3 Å². The molecule has 0 amide bonds. The Morgan fingerprint density at radius 1 is 1.11 bits per heavy atom. The van der Waals surface area contributed by atoms with Gasteiger partial charge in [-0.05, 0) is 37.6 Å². The van der Waals surface area contributed by atoms with Crippen LogP contribution in [0.25, 0.3) is 6.08 Å². The van der Waals surface area contributed by atoms with Crippen LogP contribution in [-0.4, -0.2) is 27.3 Å². The fraction of sp³-hybridized carbons (Fsp3) is 0.429. The topological polar surface area (TPSA) is 38.8 Å². The van der Waals surface area contributed by atoms with E-state index in [-0.39, 0.29) is 0 Å². The van der Waals surface area contributed by atoms with E-state index in [4.69, 9.17) is 9.05 Å². The highest BCUT2D eigenvalue weighted by Crippen LogP contribution is 2.50. The third-order valence-corrected chi connectivity index (χ3v) is 4.23. The zero-order valence-corrected chi connectivity index (χ0v) is 12.9. The Balaban J connectivity index is 2.81. The van der Waals surface area contributed by atoms with E-state index in [1.807, 2.05) is 43.3 Å². The standard InChI is InChI=1S/C14H22NO3P/c1-5-17-19(16,18-6-2)12-11-13-7-9-14(10-8-13)15(3)4/h7-12H,5-6H2,1-4H3/b12-11+. The lowest BCUT2D eigenvalue weighted by atomic mass is 10.2. The van der Waals surface area contributed by atoms with Crippen LogP contribution in [-0.2, 0) is 13.6 Å². The average Bonchev–Trinajstić information content (AvgIpc) is 2.37. The summed E-state index contributed by atoms with van der Waals surface area (Å²) in [6.45, 7) is 4.32. The second-order valence-corrected chi connectivity index (χ2v) is 6.07. The van der Waals surface area contributed by atoms with Gasteiger partial charge in [-0.25, -0.2) is 0 Å². The van der Waals surface area contributed by atoms with E-state index in [1.165, 1.54) is 5.82 Å². The van der Waals surface area contributed by atoms with Crippen molar-refractivity contribution < 1.29 is 13.6 Å². The molecule has 0 heterocycles. The number of benzene rings is 1. The summed E-state index contributed by atoms with van der Waals surface area (Å²) in [5.41, 5.74) is 2.08. The molecule has 0 atom stereocenters. The first-order valence-corrected chi connectivity index (χ1v) is 7.97. The SMILES string of the molecule is CCOP(=O)(/C=C/c1ccc(N(C)C)cc1)OCC. The molecule has 0 saturated carbocycles. The Hall–Kier alpha value is -1.09. The van der Waals surface area contributed by atoms with Gasteiger partial charge in [0.25, 0.3) is 0 Å². The molecule has 1 rings (SSSR count). The molecule has 0 saturated heterocycles. The minimum atomic E-state index is -3.11. The Bertz CT molecular complexity index is 444. The van der Waals surface area contributed by atoms with Crippen molar-refractivity contribution >= 4 is 19.4 Å². The molecule has 0 N–H and O–H groups in total. The maximum Gasteiger partial charge on any atom is 0.354 e. The maximum atomic E-state index is 12.2. The molecule has 0 spiro atoms. The number of anilines is 1. The lowest BCUT2D eigenvalue weighted by Gasteiger charge is -2.13. The zero-order valence-electron chi connectivity index (χ0n) is 12.0. The van der Waals surface area contributed by atoms with E-state index in [0.29, 0.717) is 13.2 Å². The predicted molar refractivity (Wildman–Crippen MR) is 80.7 cm³/mol. The van der Waals surface area contributed by atoms with Gasteiger partial charge in [-0.15, -0.1) is 0 Å². The van der Waals surface area contributed by atoms with Gasteiger partial charge >= 0.3 is 7.60 Å². The van der Waals surface area contributed by atoms with E-state index in [9.17, 15) is 4.57 Å². The van der Waals surface area contributed by atoms with Gasteiger partial charge in [0.05, 0.1) is 13.2 Å². The lowest BCUT2D eigenvalue weighted by molar-refractivity contribution is 0.229. The highest BCUT2D eigenvalue weighted by Gasteiger charge is 2.18. The molecular weight excluding hydrogens is 261 g/mol. The first-order valence-electron chi connectivity index (χ1n) is 6.36. The highest BCUT2D eigenvalue weighted by atomic mass is 31.2. The molecule has 1 aromatic rings. The highest BCUT2D eigenvalue weighted by molar-refractivity contribution is 7.57. The summed E-state index contributed by atoms with van der Waals surface area (Å²) in [6.07, 6.45) is 1.77. The van der Waals surface area contributed by atoms with Crippen molar-refractivity contribution in [3.8, 4) is 0 Å². The van der Waals surface area contributed by atoms with Gasteiger partial charge in [-0.3, -0.25) is 4.57 Å². The summed E-state index contributed by atoms with van der Waals surface area (Å²) in [7, 11) is 0.872. The molecule has 4 nitrogen and oxygen atoms in total. The van der Waals surface area contributed by atoms with Gasteiger partial charge in [0.2, 0.25) is 0 Å². The second-order valence-electron chi connectivity index (χ2n) is 4.18. The summed E-state index contributed by atoms with van der Waals surface area (Å²) in [5, 5.41) is 0. The summed E-state index contributed by atoms with van der Waals surface area (Å²) in [5.74, 6) is 1.52. The van der Waals surface area contributed by atoms with Crippen LogP contribution in [0, 0.1) is 0 Å². The zero-order chi connectivity index (χ0) is 14.3. The minimum Gasteiger partial charge on any atom is -0.378 e. The lowest BCUT2D eigenvalue weighted by Crippen LogP contribution is -2.07. The molecule has 0 aliphatic heterocycles. The van der Waals surface area contributed by atoms with E-state index >= 15 is 0 Å². The fourth-order valence-electron chi connectivity index (χ4n) is 1.54. The van der Waals surface area contributed by atoms with Crippen molar-refractivity contribution in [1.82, 2.24) is 0 Å². The van der Waals surface area contributed by atoms with Crippen molar-refractivity contribution in [1.29, 1.82) is 0 Å². The summed E-state index contributed by atoms with van der Waals surface area (Å²) < 4.78 is 22.6. The monoisotopic (exact) mass is 283 g/mol. The number of rotatable bonds is 7. The quantitative estimate of drug-likeness (QED) is 0.709. The van der Waals surface area contributed by atoms with Gasteiger partial charge in [-0.2, -0.15) is 0 Å². The Labute approximate surface area is 115 Å². The summed E-state index contributed by atoms with van der Waals surface area (Å²) >= 11 is 0. The molecule has 0 fully saturated rings. The molecule has 1 aromatic carbocycles. The van der Waals surface area contributed by atoms with Crippen LogP contribution in [0.2, 0.25) is 0 Å². The van der Waals surface area contributed by atoms with Crippen LogP contribution in [0.15, 0.2) is 30.1 Å². The Morgan fingerprint density at radius 3 is 2.05 bits per heavy atom. The van der Waals surface area contributed by atoms with Crippen LogP contribution in [0.3, 0.4) is 0 Å². The number of nitrogens with zero attached hydrogens (tertiary/aromatic N) is 1. The molecule has 0 aromatic heterocycles. The van der Waals surface area contributed by atoms with Crippen LogP contribution >= 0.6 is 7.60 Å². The normalized spacial score (nSPS) is 12.0. The molecule has 0 aliphatic carbocycles. The van der Waals surface area contributed by atoms with Crippen LogP contribution in [0.5, 0.6) is 0 Å². The summed E-state index contributed by atoms with van der Waals surface area (Å²) in [4.78, 5) is 2.03. The fourth-order valence-corrected chi connectivity index (χ4v) is 2.87. The van der Waals surface area contributed by atoms with Gasteiger partial charge in [-0.1, -0.05) is 12.1 Å². The van der Waals surface area contributed by atoms with Gasteiger partial charge in [0.1, 0.15) is 0 Å². The van der Waals surface area contributed by atoms with E-state index < -0.39 is 7.60 Å². The molecule has 106 valence electrons. The predicted octanol–water partition coefficient (Wildman–Crippen LogP) is 3.99. The van der Waals surface area contributed by atoms with Crippen molar-refractivity contribution in [2.24, 2.45) is 0 Å². The molecule has 0 aliphatic rings. The number of hydrogen-bond acceptors (Lipinski definition) is 4. The van der Waals surface area contributed by atoms with Crippen LogP contribution in [0.1, 0.15) is 19.4 Å². The van der Waals surface area contributed by atoms with Crippen molar-refractivity contribution in [3.63, 3.8) is 0 Å². The van der Waals surface area contributed by atoms with Crippen LogP contribution in [0.4, 0.5) is 5.69 Å². The van der Waals surface area contributed by atoms with Crippen molar-refractivity contribution in [2.45, 2.75) is 13.8 Å². The molecule has 0 radical (unpaired) electrons. The summed E-state index contributed by atoms with van der Waals surface area (Å²) in [6, 6.07) is 7.94. The molecule has 19 heavy (non-hydrogen) atoms. The van der Waals surface area contributed by atoms with Crippen LogP contribution < -0.4 is 4.90 Å².